The maximum absolute atomic E-state index is 9.03. The van der Waals surface area contributed by atoms with Crippen LogP contribution in [0.4, 0.5) is 0 Å². The first-order valence-electron chi connectivity index (χ1n) is 6.63. The van der Waals surface area contributed by atoms with Crippen molar-refractivity contribution >= 4 is 11.6 Å². The Morgan fingerprint density at radius 3 is 2.83 bits per heavy atom. The summed E-state index contributed by atoms with van der Waals surface area (Å²) < 4.78 is 0. The molecule has 0 bridgehead atoms. The van der Waals surface area contributed by atoms with Crippen LogP contribution < -0.4 is 5.32 Å². The molecule has 0 amide bonds. The number of pyridine rings is 1. The van der Waals surface area contributed by atoms with Gasteiger partial charge in [-0.25, -0.2) is 4.98 Å². The van der Waals surface area contributed by atoms with Crippen molar-refractivity contribution in [1.29, 1.82) is 0 Å². The standard InChI is InChI=1S/C14H23ClN2O/c1-3-5-12(7-9-18)10-17-11(2)13-6-4-8-16-14(13)15/h4,6,8,11-12,17-18H,3,5,7,9-10H2,1-2H3. The number of hydrogen-bond donors (Lipinski definition) is 2. The number of nitrogens with zero attached hydrogens (tertiary/aromatic N) is 1. The van der Waals surface area contributed by atoms with Crippen molar-refractivity contribution < 1.29 is 5.11 Å². The molecule has 0 radical (unpaired) electrons. The lowest BCUT2D eigenvalue weighted by Crippen LogP contribution is -2.26. The minimum atomic E-state index is 0.184. The Kier molecular flexibility index (Phi) is 7.25. The molecule has 1 rings (SSSR count). The first-order valence-corrected chi connectivity index (χ1v) is 7.01. The molecule has 0 aliphatic heterocycles. The molecule has 1 aromatic heterocycles. The van der Waals surface area contributed by atoms with E-state index in [2.05, 4.69) is 24.1 Å². The normalized spacial score (nSPS) is 14.4. The third-order valence-electron chi connectivity index (χ3n) is 3.20. The van der Waals surface area contributed by atoms with Gasteiger partial charge in [-0.2, -0.15) is 0 Å². The second kappa shape index (κ2) is 8.46. The van der Waals surface area contributed by atoms with Crippen LogP contribution in [-0.4, -0.2) is 23.2 Å². The molecule has 18 heavy (non-hydrogen) atoms. The van der Waals surface area contributed by atoms with Crippen LogP contribution in [0, 0.1) is 5.92 Å². The minimum absolute atomic E-state index is 0.184. The van der Waals surface area contributed by atoms with Crippen molar-refractivity contribution in [2.24, 2.45) is 5.92 Å². The van der Waals surface area contributed by atoms with Crippen molar-refractivity contribution in [3.63, 3.8) is 0 Å². The van der Waals surface area contributed by atoms with Crippen molar-refractivity contribution in [2.45, 2.75) is 39.2 Å². The lowest BCUT2D eigenvalue weighted by Gasteiger charge is -2.20. The van der Waals surface area contributed by atoms with Gasteiger partial charge in [0.05, 0.1) is 0 Å². The number of nitrogens with one attached hydrogen (secondary N) is 1. The summed E-state index contributed by atoms with van der Waals surface area (Å²) >= 11 is 6.07. The third-order valence-corrected chi connectivity index (χ3v) is 3.52. The van der Waals surface area contributed by atoms with Gasteiger partial charge in [-0.3, -0.25) is 0 Å². The van der Waals surface area contributed by atoms with E-state index in [1.165, 1.54) is 0 Å². The van der Waals surface area contributed by atoms with E-state index in [4.69, 9.17) is 16.7 Å². The van der Waals surface area contributed by atoms with E-state index in [0.717, 1.165) is 31.4 Å². The summed E-state index contributed by atoms with van der Waals surface area (Å²) in [7, 11) is 0. The molecule has 3 nitrogen and oxygen atoms in total. The Balaban J connectivity index is 2.49. The third kappa shape index (κ3) is 4.92. The topological polar surface area (TPSA) is 45.1 Å². The van der Waals surface area contributed by atoms with E-state index in [-0.39, 0.29) is 12.6 Å². The summed E-state index contributed by atoms with van der Waals surface area (Å²) in [5.74, 6) is 0.526. The molecule has 0 fully saturated rings. The average Bonchev–Trinajstić information content (AvgIpc) is 2.36. The predicted octanol–water partition coefficient (Wildman–Crippen LogP) is 3.18. The second-order valence-corrected chi connectivity index (χ2v) is 5.04. The summed E-state index contributed by atoms with van der Waals surface area (Å²) in [6, 6.07) is 4.08. The molecule has 1 heterocycles. The van der Waals surface area contributed by atoms with Gasteiger partial charge in [0.1, 0.15) is 5.15 Å². The fourth-order valence-corrected chi connectivity index (χ4v) is 2.40. The lowest BCUT2D eigenvalue weighted by molar-refractivity contribution is 0.246. The van der Waals surface area contributed by atoms with Crippen LogP contribution in [-0.2, 0) is 0 Å². The monoisotopic (exact) mass is 270 g/mol. The predicted molar refractivity (Wildman–Crippen MR) is 75.8 cm³/mol. The van der Waals surface area contributed by atoms with E-state index in [1.807, 2.05) is 12.1 Å². The molecule has 2 atom stereocenters. The Morgan fingerprint density at radius 1 is 1.44 bits per heavy atom. The Morgan fingerprint density at radius 2 is 2.22 bits per heavy atom. The quantitative estimate of drug-likeness (QED) is 0.713. The fraction of sp³-hybridized carbons (Fsp3) is 0.643. The second-order valence-electron chi connectivity index (χ2n) is 4.68. The van der Waals surface area contributed by atoms with Gasteiger partial charge in [0.25, 0.3) is 0 Å². The molecule has 2 unspecified atom stereocenters. The van der Waals surface area contributed by atoms with Crippen LogP contribution in [0.25, 0.3) is 0 Å². The minimum Gasteiger partial charge on any atom is -0.396 e. The van der Waals surface area contributed by atoms with Crippen molar-refractivity contribution in [2.75, 3.05) is 13.2 Å². The van der Waals surface area contributed by atoms with Gasteiger partial charge in [-0.15, -0.1) is 0 Å². The van der Waals surface area contributed by atoms with Gasteiger partial charge in [-0.1, -0.05) is 31.0 Å². The summed E-state index contributed by atoms with van der Waals surface area (Å²) in [5.41, 5.74) is 1.03. The van der Waals surface area contributed by atoms with Gasteiger partial charge >= 0.3 is 0 Å². The molecule has 0 aliphatic rings. The highest BCUT2D eigenvalue weighted by Crippen LogP contribution is 2.20. The fourth-order valence-electron chi connectivity index (χ4n) is 2.11. The maximum atomic E-state index is 9.03. The molecule has 1 aromatic rings. The van der Waals surface area contributed by atoms with E-state index in [0.29, 0.717) is 11.1 Å². The van der Waals surface area contributed by atoms with Crippen molar-refractivity contribution in [1.82, 2.24) is 10.3 Å². The number of aliphatic hydroxyl groups excluding tert-OH is 1. The highest BCUT2D eigenvalue weighted by atomic mass is 35.5. The largest absolute Gasteiger partial charge is 0.396 e. The van der Waals surface area contributed by atoms with Crippen LogP contribution in [0.1, 0.15) is 44.7 Å². The summed E-state index contributed by atoms with van der Waals surface area (Å²) in [6.45, 7) is 5.42. The van der Waals surface area contributed by atoms with Crippen LogP contribution in [0.3, 0.4) is 0 Å². The number of aromatic nitrogens is 1. The molecular formula is C14H23ClN2O. The molecule has 0 aromatic carbocycles. The summed E-state index contributed by atoms with van der Waals surface area (Å²) in [6.07, 6.45) is 4.84. The van der Waals surface area contributed by atoms with Gasteiger partial charge in [-0.05, 0) is 38.3 Å². The zero-order chi connectivity index (χ0) is 13.4. The Bertz CT molecular complexity index is 340. The van der Waals surface area contributed by atoms with Crippen molar-refractivity contribution in [3.8, 4) is 0 Å². The first-order chi connectivity index (χ1) is 8.69. The molecule has 0 saturated heterocycles. The van der Waals surface area contributed by atoms with E-state index in [9.17, 15) is 0 Å². The molecular weight excluding hydrogens is 248 g/mol. The Hall–Kier alpha value is -0.640. The molecule has 0 aliphatic carbocycles. The van der Waals surface area contributed by atoms with E-state index in [1.54, 1.807) is 6.20 Å². The number of rotatable bonds is 8. The smallest absolute Gasteiger partial charge is 0.133 e. The number of aliphatic hydroxyl groups is 1. The molecule has 0 spiro atoms. The van der Waals surface area contributed by atoms with E-state index < -0.39 is 0 Å². The maximum Gasteiger partial charge on any atom is 0.133 e. The first kappa shape index (κ1) is 15.4. The number of hydrogen-bond acceptors (Lipinski definition) is 3. The van der Waals surface area contributed by atoms with Crippen LogP contribution in [0.2, 0.25) is 5.15 Å². The van der Waals surface area contributed by atoms with Gasteiger partial charge in [0.15, 0.2) is 0 Å². The SMILES string of the molecule is CCCC(CCO)CNC(C)c1cccnc1Cl. The number of halogens is 1. The highest BCUT2D eigenvalue weighted by Gasteiger charge is 2.12. The van der Waals surface area contributed by atoms with Gasteiger partial charge in [0.2, 0.25) is 0 Å². The Labute approximate surface area is 115 Å². The van der Waals surface area contributed by atoms with Crippen LogP contribution in [0.5, 0.6) is 0 Å². The molecule has 102 valence electrons. The summed E-state index contributed by atoms with van der Waals surface area (Å²) in [4.78, 5) is 4.09. The average molecular weight is 271 g/mol. The summed E-state index contributed by atoms with van der Waals surface area (Å²) in [5, 5.41) is 13.1. The van der Waals surface area contributed by atoms with Gasteiger partial charge < -0.3 is 10.4 Å². The van der Waals surface area contributed by atoms with Crippen LogP contribution in [0.15, 0.2) is 18.3 Å². The highest BCUT2D eigenvalue weighted by molar-refractivity contribution is 6.30. The molecule has 4 heteroatoms. The van der Waals surface area contributed by atoms with Gasteiger partial charge in [0, 0.05) is 24.4 Å². The van der Waals surface area contributed by atoms with Crippen LogP contribution >= 0.6 is 11.6 Å². The van der Waals surface area contributed by atoms with E-state index >= 15 is 0 Å². The molecule has 2 N–H and O–H groups in total. The zero-order valence-corrected chi connectivity index (χ0v) is 12.0. The van der Waals surface area contributed by atoms with Crippen molar-refractivity contribution in [3.05, 3.63) is 29.0 Å². The lowest BCUT2D eigenvalue weighted by atomic mass is 9.99. The molecule has 0 saturated carbocycles. The zero-order valence-electron chi connectivity index (χ0n) is 11.2.